The lowest BCUT2D eigenvalue weighted by Gasteiger charge is -2.35. The number of benzene rings is 2. The fraction of sp³-hybridized carbons (Fsp3) is 0.568. The molecule has 282 valence electrons. The van der Waals surface area contributed by atoms with E-state index in [-0.39, 0.29) is 25.5 Å². The van der Waals surface area contributed by atoms with Gasteiger partial charge in [-0.15, -0.1) is 6.58 Å². The van der Waals surface area contributed by atoms with Crippen LogP contribution in [0.4, 0.5) is 4.79 Å². The smallest absolute Gasteiger partial charge is 0.408 e. The van der Waals surface area contributed by atoms with Gasteiger partial charge in [-0.3, -0.25) is 18.6 Å². The molecule has 15 heteroatoms. The van der Waals surface area contributed by atoms with E-state index in [1.807, 2.05) is 35.1 Å². The van der Waals surface area contributed by atoms with E-state index in [0.717, 1.165) is 36.5 Å². The minimum Gasteiger partial charge on any atom is -0.497 e. The van der Waals surface area contributed by atoms with Gasteiger partial charge in [0.1, 0.15) is 41.3 Å². The van der Waals surface area contributed by atoms with Crippen molar-refractivity contribution >= 4 is 44.9 Å². The van der Waals surface area contributed by atoms with Crippen LogP contribution in [0.3, 0.4) is 0 Å². The van der Waals surface area contributed by atoms with E-state index in [4.69, 9.17) is 18.4 Å². The molecule has 3 N–H and O–H groups in total. The maximum atomic E-state index is 14.5. The number of fused-ring (bicyclic) bond motifs is 1. The summed E-state index contributed by atoms with van der Waals surface area (Å²) in [6.45, 7) is 9.15. The minimum absolute atomic E-state index is 0.0108. The van der Waals surface area contributed by atoms with Crippen molar-refractivity contribution in [2.75, 3.05) is 13.7 Å². The van der Waals surface area contributed by atoms with Gasteiger partial charge < -0.3 is 29.7 Å². The highest BCUT2D eigenvalue weighted by molar-refractivity contribution is 7.85. The first kappa shape index (κ1) is 37.4. The van der Waals surface area contributed by atoms with E-state index >= 15 is 0 Å². The molecule has 1 aliphatic heterocycles. The molecule has 0 aromatic heterocycles. The first-order valence-electron chi connectivity index (χ1n) is 17.8. The summed E-state index contributed by atoms with van der Waals surface area (Å²) >= 11 is 0. The zero-order valence-corrected chi connectivity index (χ0v) is 30.8. The molecule has 0 bridgehead atoms. The van der Waals surface area contributed by atoms with Crippen LogP contribution in [-0.4, -0.2) is 86.7 Å². The molecule has 0 spiro atoms. The molecule has 52 heavy (non-hydrogen) atoms. The SMILES string of the molecule is C=C[C@@H]1C[C@]1(NC(=O)[C@@H]1C[C@@H](Oc2cccc3cc(OC)ccc23)CN1C(=O)[C@@H](NC(=O)OC1CCCC1)C(C)(C)C)C(=O)NS(=O)(=O)OC1CC1. The molecule has 6 rings (SSSR count). The Morgan fingerprint density at radius 3 is 2.38 bits per heavy atom. The number of hydrogen-bond donors (Lipinski definition) is 3. The quantitative estimate of drug-likeness (QED) is 0.255. The van der Waals surface area contributed by atoms with E-state index in [1.54, 1.807) is 33.9 Å². The van der Waals surface area contributed by atoms with Gasteiger partial charge in [0.25, 0.3) is 5.91 Å². The number of carbonyl (C=O) groups is 4. The predicted molar refractivity (Wildman–Crippen MR) is 190 cm³/mol. The lowest BCUT2D eigenvalue weighted by atomic mass is 9.85. The summed E-state index contributed by atoms with van der Waals surface area (Å²) in [5.74, 6) is -1.51. The molecule has 4 aliphatic rings. The average Bonchev–Trinajstić information content (AvgIpc) is 3.92. The van der Waals surface area contributed by atoms with Gasteiger partial charge >= 0.3 is 16.4 Å². The number of carbonyl (C=O) groups excluding carboxylic acids is 4. The Labute approximate surface area is 304 Å². The number of nitrogens with zero attached hydrogens (tertiary/aromatic N) is 1. The fourth-order valence-electron chi connectivity index (χ4n) is 7.05. The highest BCUT2D eigenvalue weighted by Gasteiger charge is 2.62. The standard InChI is InChI=1S/C37H48N4O10S/c1-6-23-20-37(23,34(44)40-52(46,47)51-25-14-15-25)39-32(42)29-19-27(49-30-13-9-10-22-18-26(48-5)16-17-28(22)30)21-41(29)33(43)31(36(2,3)4)38-35(45)50-24-11-7-8-12-24/h6,9-10,13,16-18,23-25,27,29,31H,1,7-8,11-12,14-15,19-21H2,2-5H3,(H,38,45)(H,39,42)(H,40,44)/t23-,27-,29+,31-,37-/m1/s1. The Kier molecular flexibility index (Phi) is 10.5. The Balaban J connectivity index is 1.26. The number of ether oxygens (including phenoxy) is 3. The van der Waals surface area contributed by atoms with Gasteiger partial charge in [0.2, 0.25) is 11.8 Å². The van der Waals surface area contributed by atoms with Crippen molar-refractivity contribution in [2.24, 2.45) is 11.3 Å². The average molecular weight is 741 g/mol. The zero-order chi connectivity index (χ0) is 37.4. The Hall–Kier alpha value is -4.37. The molecular formula is C37H48N4O10S. The molecule has 4 amide bonds. The second-order valence-corrected chi connectivity index (χ2v) is 16.6. The number of alkyl carbamates (subject to hydrolysis) is 1. The van der Waals surface area contributed by atoms with E-state index in [0.29, 0.717) is 24.3 Å². The van der Waals surface area contributed by atoms with Crippen molar-refractivity contribution in [3.05, 3.63) is 49.1 Å². The Bertz CT molecular complexity index is 1830. The number of likely N-dealkylation sites (tertiary alicyclic amines) is 1. The fourth-order valence-corrected chi connectivity index (χ4v) is 8.06. The van der Waals surface area contributed by atoms with Gasteiger partial charge in [0.15, 0.2) is 0 Å². The van der Waals surface area contributed by atoms with Crippen molar-refractivity contribution in [3.63, 3.8) is 0 Å². The van der Waals surface area contributed by atoms with Gasteiger partial charge in [0, 0.05) is 17.7 Å². The molecule has 5 atom stereocenters. The van der Waals surface area contributed by atoms with Crippen molar-refractivity contribution < 1.29 is 46.0 Å². The zero-order valence-electron chi connectivity index (χ0n) is 30.0. The molecule has 3 saturated carbocycles. The molecule has 3 aliphatic carbocycles. The summed E-state index contributed by atoms with van der Waals surface area (Å²) < 4.78 is 49.5. The van der Waals surface area contributed by atoms with Crippen LogP contribution in [-0.2, 0) is 33.6 Å². The van der Waals surface area contributed by atoms with Crippen LogP contribution in [0.15, 0.2) is 49.1 Å². The van der Waals surface area contributed by atoms with Crippen LogP contribution in [0.25, 0.3) is 10.8 Å². The number of amides is 4. The first-order valence-corrected chi connectivity index (χ1v) is 19.2. The third-order valence-corrected chi connectivity index (χ3v) is 11.2. The summed E-state index contributed by atoms with van der Waals surface area (Å²) in [6, 6.07) is 8.89. The highest BCUT2D eigenvalue weighted by Crippen LogP contribution is 2.45. The molecule has 1 heterocycles. The molecule has 2 aromatic carbocycles. The molecule has 0 radical (unpaired) electrons. The van der Waals surface area contributed by atoms with E-state index in [9.17, 15) is 27.6 Å². The van der Waals surface area contributed by atoms with E-state index in [1.165, 1.54) is 11.0 Å². The number of rotatable bonds is 13. The minimum atomic E-state index is -4.41. The highest BCUT2D eigenvalue weighted by atomic mass is 32.2. The van der Waals surface area contributed by atoms with E-state index < -0.39 is 75.3 Å². The first-order chi connectivity index (χ1) is 24.6. The van der Waals surface area contributed by atoms with E-state index in [2.05, 4.69) is 17.2 Å². The van der Waals surface area contributed by atoms with Crippen molar-refractivity contribution in [3.8, 4) is 11.5 Å². The Morgan fingerprint density at radius 1 is 1.02 bits per heavy atom. The second kappa shape index (κ2) is 14.6. The molecule has 4 fully saturated rings. The third-order valence-electron chi connectivity index (χ3n) is 10.2. The molecule has 2 aromatic rings. The van der Waals surface area contributed by atoms with Gasteiger partial charge in [-0.1, -0.05) is 39.0 Å². The number of hydrogen-bond acceptors (Lipinski definition) is 10. The summed E-state index contributed by atoms with van der Waals surface area (Å²) in [5.41, 5.74) is -2.41. The van der Waals surface area contributed by atoms with Crippen molar-refractivity contribution in [1.29, 1.82) is 0 Å². The summed E-state index contributed by atoms with van der Waals surface area (Å²) in [6.07, 6.45) is 4.11. The normalized spacial score (nSPS) is 25.2. The van der Waals surface area contributed by atoms with Crippen LogP contribution < -0.4 is 24.8 Å². The van der Waals surface area contributed by atoms with Crippen LogP contribution in [0.2, 0.25) is 0 Å². The summed E-state index contributed by atoms with van der Waals surface area (Å²) in [5, 5.41) is 7.20. The monoisotopic (exact) mass is 740 g/mol. The topological polar surface area (TPSA) is 179 Å². The molecule has 1 saturated heterocycles. The summed E-state index contributed by atoms with van der Waals surface area (Å²) in [7, 11) is -2.83. The lowest BCUT2D eigenvalue weighted by Crippen LogP contribution is -2.60. The third kappa shape index (κ3) is 8.30. The largest absolute Gasteiger partial charge is 0.497 e. The molecule has 0 unspecified atom stereocenters. The lowest BCUT2D eigenvalue weighted by molar-refractivity contribution is -0.143. The van der Waals surface area contributed by atoms with Crippen molar-refractivity contribution in [2.45, 2.75) is 108 Å². The second-order valence-electron chi connectivity index (χ2n) is 15.3. The molecule has 14 nitrogen and oxygen atoms in total. The van der Waals surface area contributed by atoms with Gasteiger partial charge in [-0.05, 0) is 80.0 Å². The van der Waals surface area contributed by atoms with Crippen LogP contribution in [0.1, 0.15) is 72.1 Å². The number of nitrogens with one attached hydrogen (secondary N) is 3. The van der Waals surface area contributed by atoms with Crippen LogP contribution in [0, 0.1) is 11.3 Å². The van der Waals surface area contributed by atoms with Crippen molar-refractivity contribution in [1.82, 2.24) is 20.3 Å². The van der Waals surface area contributed by atoms with Gasteiger partial charge in [-0.25, -0.2) is 9.52 Å². The van der Waals surface area contributed by atoms with Crippen LogP contribution >= 0.6 is 0 Å². The molecular weight excluding hydrogens is 692 g/mol. The van der Waals surface area contributed by atoms with Gasteiger partial charge in [0.05, 0.1) is 19.8 Å². The predicted octanol–water partition coefficient (Wildman–Crippen LogP) is 3.88. The maximum absolute atomic E-state index is 14.5. The maximum Gasteiger partial charge on any atom is 0.408 e. The number of methoxy groups -OCH3 is 1. The Morgan fingerprint density at radius 2 is 1.75 bits per heavy atom. The summed E-state index contributed by atoms with van der Waals surface area (Å²) in [4.78, 5) is 56.6. The van der Waals surface area contributed by atoms with Gasteiger partial charge in [-0.2, -0.15) is 8.42 Å². The van der Waals surface area contributed by atoms with Crippen LogP contribution in [0.5, 0.6) is 11.5 Å².